The molecule has 178 valence electrons. The molecule has 4 N–H and O–H groups in total. The molecular formula is C24H26Cl2N6O2. The third-order valence-electron chi connectivity index (χ3n) is 5.51. The number of amides is 1. The summed E-state index contributed by atoms with van der Waals surface area (Å²) in [6, 6.07) is 12.4. The van der Waals surface area contributed by atoms with Gasteiger partial charge in [-0.2, -0.15) is 5.26 Å². The van der Waals surface area contributed by atoms with E-state index in [0.29, 0.717) is 39.2 Å². The van der Waals surface area contributed by atoms with Crippen molar-refractivity contribution in [3.8, 4) is 6.07 Å². The van der Waals surface area contributed by atoms with Crippen LogP contribution in [0, 0.1) is 11.3 Å². The van der Waals surface area contributed by atoms with Crippen molar-refractivity contribution < 1.29 is 9.90 Å². The number of carbonyl (C=O) groups excluding carboxylic acids is 1. The highest BCUT2D eigenvalue weighted by molar-refractivity contribution is 6.42. The van der Waals surface area contributed by atoms with Crippen molar-refractivity contribution in [3.05, 3.63) is 63.8 Å². The largest absolute Gasteiger partial charge is 0.404 e. The van der Waals surface area contributed by atoms with Gasteiger partial charge >= 0.3 is 0 Å². The Balaban J connectivity index is 1.73. The molecule has 0 radical (unpaired) electrons. The van der Waals surface area contributed by atoms with Crippen molar-refractivity contribution in [3.63, 3.8) is 0 Å². The molecule has 1 heterocycles. The van der Waals surface area contributed by atoms with Gasteiger partial charge in [-0.1, -0.05) is 23.2 Å². The highest BCUT2D eigenvalue weighted by atomic mass is 35.5. The maximum Gasteiger partial charge on any atom is 0.258 e. The number of nitrogens with zero attached hydrogens (tertiary/aromatic N) is 4. The molecule has 10 heteroatoms. The van der Waals surface area contributed by atoms with Crippen LogP contribution in [0.25, 0.3) is 0 Å². The molecule has 2 aromatic carbocycles. The number of rotatable bonds is 7. The first-order valence-electron chi connectivity index (χ1n) is 10.7. The van der Waals surface area contributed by atoms with Gasteiger partial charge < -0.3 is 21.1 Å². The zero-order valence-electron chi connectivity index (χ0n) is 18.8. The van der Waals surface area contributed by atoms with Crippen LogP contribution in [-0.4, -0.2) is 61.0 Å². The number of hydrogen-bond acceptors (Lipinski definition) is 7. The summed E-state index contributed by atoms with van der Waals surface area (Å²) in [5.74, 6) is -0.446. The Morgan fingerprint density at radius 3 is 2.56 bits per heavy atom. The Bertz CT molecular complexity index is 1150. The zero-order valence-corrected chi connectivity index (χ0v) is 20.3. The van der Waals surface area contributed by atoms with Crippen LogP contribution in [-0.2, 0) is 4.79 Å². The zero-order chi connectivity index (χ0) is 24.7. The van der Waals surface area contributed by atoms with Crippen molar-refractivity contribution >= 4 is 51.9 Å². The Labute approximate surface area is 208 Å². The fraction of sp³-hybridized carbons (Fsp3) is 0.292. The number of carbonyl (C=O) groups is 1. The molecule has 0 bridgehead atoms. The predicted molar refractivity (Wildman–Crippen MR) is 137 cm³/mol. The van der Waals surface area contributed by atoms with Gasteiger partial charge in [-0.15, -0.1) is 0 Å². The van der Waals surface area contributed by atoms with Crippen LogP contribution in [0.5, 0.6) is 0 Å². The van der Waals surface area contributed by atoms with Crippen molar-refractivity contribution in [2.24, 2.45) is 10.7 Å². The van der Waals surface area contributed by atoms with E-state index in [1.807, 2.05) is 6.07 Å². The third-order valence-corrected chi connectivity index (χ3v) is 6.24. The molecule has 0 unspecified atom stereocenters. The fourth-order valence-corrected chi connectivity index (χ4v) is 3.99. The molecular weight excluding hydrogens is 475 g/mol. The summed E-state index contributed by atoms with van der Waals surface area (Å²) in [4.78, 5) is 21.6. The Morgan fingerprint density at radius 1 is 1.21 bits per heavy atom. The first kappa shape index (κ1) is 25.5. The van der Waals surface area contributed by atoms with Gasteiger partial charge in [0, 0.05) is 44.6 Å². The van der Waals surface area contributed by atoms with E-state index in [4.69, 9.17) is 34.0 Å². The number of anilines is 2. The molecule has 34 heavy (non-hydrogen) atoms. The molecule has 3 rings (SSSR count). The molecule has 8 nitrogen and oxygen atoms in total. The van der Waals surface area contributed by atoms with Gasteiger partial charge in [0.1, 0.15) is 6.07 Å². The topological polar surface area (TPSA) is 118 Å². The number of nitrogens with two attached hydrogens (primary N) is 1. The number of halogens is 2. The minimum absolute atomic E-state index is 0.134. The highest BCUT2D eigenvalue weighted by Gasteiger charge is 2.20. The van der Waals surface area contributed by atoms with Crippen LogP contribution in [0.1, 0.15) is 12.5 Å². The van der Waals surface area contributed by atoms with E-state index in [0.717, 1.165) is 31.9 Å². The second kappa shape index (κ2) is 11.9. The summed E-state index contributed by atoms with van der Waals surface area (Å²) in [6.45, 7) is 5.58. The second-order valence-corrected chi connectivity index (χ2v) is 8.54. The van der Waals surface area contributed by atoms with Crippen LogP contribution in [0.15, 0.2) is 53.2 Å². The van der Waals surface area contributed by atoms with Gasteiger partial charge in [-0.05, 0) is 43.3 Å². The van der Waals surface area contributed by atoms with Crippen LogP contribution in [0.3, 0.4) is 0 Å². The number of aliphatic hydroxyl groups is 1. The number of piperazine rings is 1. The van der Waals surface area contributed by atoms with Crippen LogP contribution >= 0.6 is 23.2 Å². The van der Waals surface area contributed by atoms with E-state index in [9.17, 15) is 10.1 Å². The van der Waals surface area contributed by atoms with Gasteiger partial charge in [0.2, 0.25) is 0 Å². The van der Waals surface area contributed by atoms with Gasteiger partial charge in [-0.25, -0.2) is 0 Å². The van der Waals surface area contributed by atoms with Gasteiger partial charge in [0.25, 0.3) is 5.91 Å². The molecule has 2 aromatic rings. The van der Waals surface area contributed by atoms with E-state index in [1.54, 1.807) is 37.3 Å². The van der Waals surface area contributed by atoms with E-state index >= 15 is 0 Å². The Hall–Kier alpha value is -3.09. The molecule has 1 aliphatic heterocycles. The number of aliphatic imine (C=N–C) groups is 1. The lowest BCUT2D eigenvalue weighted by molar-refractivity contribution is -0.112. The number of nitriles is 1. The molecule has 1 saturated heterocycles. The standard InChI is InChI=1S/C24H26Cl2N6O2/c1-16(29-19-2-4-21(25)22(26)13-19)20(15-28)24(34)30-18-3-5-23(17(12-18)14-27)32-8-6-31(7-9-32)10-11-33/h2-5,12-13,15,33H,6-11,28H2,1H3,(H,30,34). The summed E-state index contributed by atoms with van der Waals surface area (Å²) < 4.78 is 0. The maximum absolute atomic E-state index is 12.9. The average molecular weight is 501 g/mol. The molecule has 1 fully saturated rings. The van der Waals surface area contributed by atoms with E-state index in [-0.39, 0.29) is 12.2 Å². The predicted octanol–water partition coefficient (Wildman–Crippen LogP) is 3.55. The maximum atomic E-state index is 12.9. The summed E-state index contributed by atoms with van der Waals surface area (Å²) in [5.41, 5.74) is 8.60. The smallest absolute Gasteiger partial charge is 0.258 e. The third kappa shape index (κ3) is 6.27. The monoisotopic (exact) mass is 500 g/mol. The molecule has 1 aliphatic rings. The van der Waals surface area contributed by atoms with Crippen molar-refractivity contribution in [2.45, 2.75) is 6.92 Å². The summed E-state index contributed by atoms with van der Waals surface area (Å²) in [5, 5.41) is 22.4. The van der Waals surface area contributed by atoms with Crippen molar-refractivity contribution in [1.29, 1.82) is 5.26 Å². The molecule has 0 spiro atoms. The van der Waals surface area contributed by atoms with E-state index < -0.39 is 5.91 Å². The second-order valence-electron chi connectivity index (χ2n) is 7.73. The molecule has 0 saturated carbocycles. The number of hydrogen-bond donors (Lipinski definition) is 3. The molecule has 0 atom stereocenters. The lowest BCUT2D eigenvalue weighted by Gasteiger charge is -2.36. The minimum Gasteiger partial charge on any atom is -0.404 e. The lowest BCUT2D eigenvalue weighted by Crippen LogP contribution is -2.47. The SMILES string of the molecule is CC(=Nc1ccc(Cl)c(Cl)c1)C(=CN)C(=O)Nc1ccc(N2CCN(CCO)CC2)c(C#N)c1. The fourth-order valence-electron chi connectivity index (χ4n) is 3.70. The first-order chi connectivity index (χ1) is 16.4. The summed E-state index contributed by atoms with van der Waals surface area (Å²) >= 11 is 12.0. The van der Waals surface area contributed by atoms with E-state index in [2.05, 4.69) is 26.2 Å². The summed E-state index contributed by atoms with van der Waals surface area (Å²) in [6.07, 6.45) is 1.19. The average Bonchev–Trinajstić information content (AvgIpc) is 2.82. The minimum atomic E-state index is -0.446. The Kier molecular flexibility index (Phi) is 8.91. The summed E-state index contributed by atoms with van der Waals surface area (Å²) in [7, 11) is 0. The molecule has 1 amide bonds. The first-order valence-corrected chi connectivity index (χ1v) is 11.5. The number of nitrogens with one attached hydrogen (secondary N) is 1. The number of aliphatic hydroxyl groups excluding tert-OH is 1. The van der Waals surface area contributed by atoms with E-state index in [1.165, 1.54) is 6.20 Å². The van der Waals surface area contributed by atoms with Gasteiger partial charge in [0.15, 0.2) is 0 Å². The van der Waals surface area contributed by atoms with Crippen LogP contribution in [0.4, 0.5) is 17.1 Å². The number of benzene rings is 2. The molecule has 0 aromatic heterocycles. The lowest BCUT2D eigenvalue weighted by atomic mass is 10.1. The van der Waals surface area contributed by atoms with Gasteiger partial charge in [-0.3, -0.25) is 14.7 Å². The Morgan fingerprint density at radius 2 is 1.94 bits per heavy atom. The normalized spacial score (nSPS) is 15.2. The highest BCUT2D eigenvalue weighted by Crippen LogP contribution is 2.28. The van der Waals surface area contributed by atoms with Crippen molar-refractivity contribution in [1.82, 2.24) is 4.90 Å². The van der Waals surface area contributed by atoms with Crippen molar-refractivity contribution in [2.75, 3.05) is 49.5 Å². The molecule has 0 aliphatic carbocycles. The number of β-amino-alcohol motifs (C(OH)–C–C–N with tert-alkyl or cyclic N) is 1. The quantitative estimate of drug-likeness (QED) is 0.395. The van der Waals surface area contributed by atoms with Gasteiger partial charge in [0.05, 0.1) is 44.9 Å². The van der Waals surface area contributed by atoms with Crippen LogP contribution < -0.4 is 16.0 Å². The van der Waals surface area contributed by atoms with Crippen LogP contribution in [0.2, 0.25) is 10.0 Å².